The van der Waals surface area contributed by atoms with Crippen molar-refractivity contribution in [3.8, 4) is 0 Å². The molecule has 0 atom stereocenters. The average Bonchev–Trinajstić information content (AvgIpc) is 2.93. The molecule has 1 aliphatic heterocycles. The van der Waals surface area contributed by atoms with Gasteiger partial charge in [-0.15, -0.1) is 0 Å². The van der Waals surface area contributed by atoms with E-state index in [1.54, 1.807) is 4.90 Å². The summed E-state index contributed by atoms with van der Waals surface area (Å²) in [6.07, 6.45) is 0. The molecule has 0 fully saturated rings. The number of nitrogens with one attached hydrogen (secondary N) is 1. The highest BCUT2D eigenvalue weighted by Crippen LogP contribution is 2.19. The quantitative estimate of drug-likeness (QED) is 0.944. The number of benzene rings is 2. The Labute approximate surface area is 129 Å². The van der Waals surface area contributed by atoms with Crippen molar-refractivity contribution in [1.82, 2.24) is 10.2 Å². The Morgan fingerprint density at radius 3 is 2.81 bits per heavy atom. The van der Waals surface area contributed by atoms with Gasteiger partial charge in [0.05, 0.1) is 0 Å². The Bertz CT molecular complexity index is 684. The lowest BCUT2D eigenvalue weighted by Crippen LogP contribution is -2.26. The van der Waals surface area contributed by atoms with Crippen molar-refractivity contribution in [2.24, 2.45) is 0 Å². The second-order valence-corrected chi connectivity index (χ2v) is 5.81. The van der Waals surface area contributed by atoms with Gasteiger partial charge in [0.2, 0.25) is 0 Å². The highest BCUT2D eigenvalue weighted by Gasteiger charge is 2.16. The summed E-state index contributed by atoms with van der Waals surface area (Å²) in [5.41, 5.74) is 4.27. The number of nitrogens with zero attached hydrogens (tertiary/aromatic N) is 1. The van der Waals surface area contributed by atoms with Gasteiger partial charge in [0, 0.05) is 37.3 Å². The van der Waals surface area contributed by atoms with E-state index in [1.165, 1.54) is 11.1 Å². The van der Waals surface area contributed by atoms with Gasteiger partial charge in [0.25, 0.3) is 5.91 Å². The van der Waals surface area contributed by atoms with Crippen LogP contribution in [0.3, 0.4) is 0 Å². The van der Waals surface area contributed by atoms with Crippen LogP contribution in [0.15, 0.2) is 42.5 Å². The smallest absolute Gasteiger partial charge is 0.253 e. The lowest BCUT2D eigenvalue weighted by Gasteiger charge is -2.18. The van der Waals surface area contributed by atoms with E-state index in [9.17, 15) is 4.79 Å². The molecule has 1 N–H and O–H groups in total. The maximum absolute atomic E-state index is 12.5. The van der Waals surface area contributed by atoms with Crippen LogP contribution in [0.1, 0.15) is 27.0 Å². The van der Waals surface area contributed by atoms with Gasteiger partial charge in [-0.25, -0.2) is 0 Å². The molecule has 21 heavy (non-hydrogen) atoms. The predicted octanol–water partition coefficient (Wildman–Crippen LogP) is 3.22. The topological polar surface area (TPSA) is 32.3 Å². The number of halogens is 1. The number of carbonyl (C=O) groups is 1. The van der Waals surface area contributed by atoms with Crippen LogP contribution < -0.4 is 5.32 Å². The van der Waals surface area contributed by atoms with Gasteiger partial charge in [0.1, 0.15) is 0 Å². The van der Waals surface area contributed by atoms with Crippen LogP contribution in [-0.4, -0.2) is 17.9 Å². The Morgan fingerprint density at radius 2 is 2.00 bits per heavy atom. The molecule has 0 radical (unpaired) electrons. The van der Waals surface area contributed by atoms with Gasteiger partial charge in [-0.1, -0.05) is 29.8 Å². The van der Waals surface area contributed by atoms with E-state index in [1.807, 2.05) is 49.5 Å². The minimum Gasteiger partial charge on any atom is -0.337 e. The van der Waals surface area contributed by atoms with Crippen molar-refractivity contribution in [2.45, 2.75) is 19.6 Å². The fraction of sp³-hybridized carbons (Fsp3) is 0.235. The summed E-state index contributed by atoms with van der Waals surface area (Å²) in [7, 11) is 1.81. The van der Waals surface area contributed by atoms with Crippen molar-refractivity contribution in [1.29, 1.82) is 0 Å². The number of rotatable bonds is 3. The van der Waals surface area contributed by atoms with Crippen molar-refractivity contribution in [2.75, 3.05) is 7.05 Å². The number of carbonyl (C=O) groups excluding carboxylic acids is 1. The van der Waals surface area contributed by atoms with E-state index >= 15 is 0 Å². The van der Waals surface area contributed by atoms with Crippen molar-refractivity contribution in [3.05, 3.63) is 69.7 Å². The van der Waals surface area contributed by atoms with Crippen LogP contribution in [0.2, 0.25) is 5.02 Å². The standard InChI is InChI=1S/C17H17ClN2O/c1-20(11-12-3-2-4-16(18)7-12)17(21)13-5-6-14-9-19-10-15(14)8-13/h2-8,19H,9-11H2,1H3. The van der Waals surface area contributed by atoms with Crippen LogP contribution in [0.4, 0.5) is 0 Å². The predicted molar refractivity (Wildman–Crippen MR) is 84.2 cm³/mol. The molecule has 108 valence electrons. The normalized spacial score (nSPS) is 13.0. The monoisotopic (exact) mass is 300 g/mol. The maximum Gasteiger partial charge on any atom is 0.253 e. The molecule has 0 aliphatic carbocycles. The van der Waals surface area contributed by atoms with E-state index in [-0.39, 0.29) is 5.91 Å². The van der Waals surface area contributed by atoms with Crippen LogP contribution in [0.25, 0.3) is 0 Å². The zero-order chi connectivity index (χ0) is 14.8. The Hall–Kier alpha value is -1.84. The van der Waals surface area contributed by atoms with Gasteiger partial charge < -0.3 is 10.2 Å². The van der Waals surface area contributed by atoms with Crippen LogP contribution in [0, 0.1) is 0 Å². The minimum atomic E-state index is 0.0321. The van der Waals surface area contributed by atoms with Crippen LogP contribution in [-0.2, 0) is 19.6 Å². The second-order valence-electron chi connectivity index (χ2n) is 5.38. The SMILES string of the molecule is CN(Cc1cccc(Cl)c1)C(=O)c1ccc2c(c1)CNC2. The van der Waals surface area contributed by atoms with E-state index in [0.717, 1.165) is 24.2 Å². The maximum atomic E-state index is 12.5. The fourth-order valence-electron chi connectivity index (χ4n) is 2.63. The molecule has 0 unspecified atom stereocenters. The molecule has 2 aromatic rings. The number of amides is 1. The van der Waals surface area contributed by atoms with Crippen molar-refractivity contribution >= 4 is 17.5 Å². The molecule has 3 nitrogen and oxygen atoms in total. The van der Waals surface area contributed by atoms with Crippen molar-refractivity contribution in [3.63, 3.8) is 0 Å². The molecule has 2 aromatic carbocycles. The largest absolute Gasteiger partial charge is 0.337 e. The van der Waals surface area contributed by atoms with Gasteiger partial charge >= 0.3 is 0 Å². The Kier molecular flexibility index (Phi) is 3.95. The molecule has 0 spiro atoms. The van der Waals surface area contributed by atoms with E-state index in [2.05, 4.69) is 5.32 Å². The van der Waals surface area contributed by atoms with Crippen molar-refractivity contribution < 1.29 is 4.79 Å². The molecule has 0 aromatic heterocycles. The summed E-state index contributed by atoms with van der Waals surface area (Å²) in [5.74, 6) is 0.0321. The summed E-state index contributed by atoms with van der Waals surface area (Å²) in [5, 5.41) is 3.98. The molecule has 4 heteroatoms. The van der Waals surface area contributed by atoms with E-state index in [0.29, 0.717) is 11.6 Å². The molecular formula is C17H17ClN2O. The lowest BCUT2D eigenvalue weighted by atomic mass is 10.1. The fourth-order valence-corrected chi connectivity index (χ4v) is 2.84. The summed E-state index contributed by atoms with van der Waals surface area (Å²) in [6.45, 7) is 2.28. The van der Waals surface area contributed by atoms with E-state index < -0.39 is 0 Å². The number of fused-ring (bicyclic) bond motifs is 1. The molecule has 0 bridgehead atoms. The zero-order valence-electron chi connectivity index (χ0n) is 11.9. The third kappa shape index (κ3) is 3.09. The summed E-state index contributed by atoms with van der Waals surface area (Å²) in [6, 6.07) is 13.5. The van der Waals surface area contributed by atoms with Gasteiger partial charge in [0.15, 0.2) is 0 Å². The molecule has 1 heterocycles. The molecule has 1 amide bonds. The minimum absolute atomic E-state index is 0.0321. The first-order chi connectivity index (χ1) is 10.1. The zero-order valence-corrected chi connectivity index (χ0v) is 12.7. The number of hydrogen-bond acceptors (Lipinski definition) is 2. The average molecular weight is 301 g/mol. The van der Waals surface area contributed by atoms with Gasteiger partial charge in [-0.2, -0.15) is 0 Å². The first kappa shape index (κ1) is 14.1. The third-order valence-electron chi connectivity index (χ3n) is 3.74. The molecule has 3 rings (SSSR count). The Balaban J connectivity index is 1.75. The van der Waals surface area contributed by atoms with Crippen LogP contribution in [0.5, 0.6) is 0 Å². The van der Waals surface area contributed by atoms with Gasteiger partial charge in [-0.05, 0) is 41.0 Å². The summed E-state index contributed by atoms with van der Waals surface area (Å²) < 4.78 is 0. The Morgan fingerprint density at radius 1 is 1.19 bits per heavy atom. The van der Waals surface area contributed by atoms with E-state index in [4.69, 9.17) is 11.6 Å². The van der Waals surface area contributed by atoms with Gasteiger partial charge in [-0.3, -0.25) is 4.79 Å². The van der Waals surface area contributed by atoms with Crippen LogP contribution >= 0.6 is 11.6 Å². The molecular weight excluding hydrogens is 284 g/mol. The molecule has 0 saturated carbocycles. The lowest BCUT2D eigenvalue weighted by molar-refractivity contribution is 0.0785. The third-order valence-corrected chi connectivity index (χ3v) is 3.97. The molecule has 0 saturated heterocycles. The second kappa shape index (κ2) is 5.88. The molecule has 1 aliphatic rings. The first-order valence-corrected chi connectivity index (χ1v) is 7.34. The summed E-state index contributed by atoms with van der Waals surface area (Å²) >= 11 is 5.98. The number of hydrogen-bond donors (Lipinski definition) is 1. The highest BCUT2D eigenvalue weighted by atomic mass is 35.5. The first-order valence-electron chi connectivity index (χ1n) is 6.96. The highest BCUT2D eigenvalue weighted by molar-refractivity contribution is 6.30. The summed E-state index contributed by atoms with van der Waals surface area (Å²) in [4.78, 5) is 14.2.